The predicted molar refractivity (Wildman–Crippen MR) is 88.6 cm³/mol. The van der Waals surface area contributed by atoms with E-state index in [2.05, 4.69) is 10.9 Å². The Morgan fingerprint density at radius 3 is 2.65 bits per heavy atom. The number of hydrogen-bond acceptors (Lipinski definition) is 5. The van der Waals surface area contributed by atoms with Gasteiger partial charge in [0.15, 0.2) is 9.84 Å². The quantitative estimate of drug-likeness (QED) is 0.870. The molecule has 1 aliphatic heterocycles. The van der Waals surface area contributed by atoms with E-state index < -0.39 is 9.84 Å². The lowest BCUT2D eigenvalue weighted by Crippen LogP contribution is -2.52. The minimum atomic E-state index is -3.38. The highest BCUT2D eigenvalue weighted by molar-refractivity contribution is 7.90. The molecule has 0 spiro atoms. The van der Waals surface area contributed by atoms with Gasteiger partial charge in [0.25, 0.3) is 0 Å². The van der Waals surface area contributed by atoms with Crippen LogP contribution >= 0.6 is 0 Å². The van der Waals surface area contributed by atoms with Crippen LogP contribution in [-0.4, -0.2) is 33.7 Å². The highest BCUT2D eigenvalue weighted by Gasteiger charge is 2.24. The molecule has 0 radical (unpaired) electrons. The number of hydrazine groups is 1. The number of rotatable bonds is 4. The smallest absolute Gasteiger partial charge is 0.234 e. The molecule has 1 aromatic rings. The Morgan fingerprint density at radius 1 is 1.39 bits per heavy atom. The van der Waals surface area contributed by atoms with Crippen LogP contribution in [0.2, 0.25) is 0 Å². The van der Waals surface area contributed by atoms with Crippen molar-refractivity contribution in [2.75, 3.05) is 13.4 Å². The van der Waals surface area contributed by atoms with Crippen molar-refractivity contribution in [2.45, 2.75) is 31.2 Å². The zero-order chi connectivity index (χ0) is 17.2. The van der Waals surface area contributed by atoms with E-state index in [1.165, 1.54) is 7.11 Å². The van der Waals surface area contributed by atoms with Crippen LogP contribution in [0.5, 0.6) is 5.75 Å². The molecule has 1 aliphatic rings. The lowest BCUT2D eigenvalue weighted by atomic mass is 9.93. The second-order valence-corrected chi connectivity index (χ2v) is 7.87. The van der Waals surface area contributed by atoms with E-state index in [0.29, 0.717) is 12.2 Å². The van der Waals surface area contributed by atoms with E-state index in [9.17, 15) is 13.2 Å². The van der Waals surface area contributed by atoms with Crippen molar-refractivity contribution in [2.24, 2.45) is 5.92 Å². The number of allylic oxidation sites excluding steroid dienone is 1. The van der Waals surface area contributed by atoms with Crippen molar-refractivity contribution in [1.82, 2.24) is 10.9 Å². The zero-order valence-corrected chi connectivity index (χ0v) is 14.5. The number of carbonyl (C=O) groups is 1. The summed E-state index contributed by atoms with van der Waals surface area (Å²) in [4.78, 5) is 11.5. The van der Waals surface area contributed by atoms with Gasteiger partial charge >= 0.3 is 0 Å². The van der Waals surface area contributed by atoms with Crippen LogP contribution < -0.4 is 15.6 Å². The van der Waals surface area contributed by atoms with Crippen LogP contribution in [-0.2, 0) is 14.6 Å². The first-order valence-electron chi connectivity index (χ1n) is 7.33. The van der Waals surface area contributed by atoms with E-state index >= 15 is 0 Å². The number of ether oxygens (including phenoxy) is 1. The average Bonchev–Trinajstić information content (AvgIpc) is 2.48. The second kappa shape index (κ2) is 6.72. The Bertz CT molecular complexity index is 740. The van der Waals surface area contributed by atoms with Gasteiger partial charge in [0, 0.05) is 18.7 Å². The molecule has 0 aromatic heterocycles. The largest absolute Gasteiger partial charge is 0.495 e. The Labute approximate surface area is 136 Å². The van der Waals surface area contributed by atoms with E-state index in [0.717, 1.165) is 17.4 Å². The fraction of sp³-hybridized carbons (Fsp3) is 0.438. The maximum atomic E-state index is 11.9. The van der Waals surface area contributed by atoms with Gasteiger partial charge in [-0.2, -0.15) is 0 Å². The minimum Gasteiger partial charge on any atom is -0.495 e. The van der Waals surface area contributed by atoms with Gasteiger partial charge in [-0.05, 0) is 36.1 Å². The number of hydrogen-bond donors (Lipinski definition) is 2. The van der Waals surface area contributed by atoms with Crippen molar-refractivity contribution in [3.63, 3.8) is 0 Å². The van der Waals surface area contributed by atoms with Crippen molar-refractivity contribution in [3.05, 3.63) is 29.8 Å². The van der Waals surface area contributed by atoms with Gasteiger partial charge in [0.2, 0.25) is 5.91 Å². The summed E-state index contributed by atoms with van der Waals surface area (Å²) in [6, 6.07) is 5.09. The minimum absolute atomic E-state index is 0.00325. The summed E-state index contributed by atoms with van der Waals surface area (Å²) in [6.07, 6.45) is 3.62. The molecule has 126 valence electrons. The molecule has 1 saturated heterocycles. The van der Waals surface area contributed by atoms with Crippen LogP contribution in [0.3, 0.4) is 0 Å². The first-order valence-corrected chi connectivity index (χ1v) is 9.22. The lowest BCUT2D eigenvalue weighted by molar-refractivity contribution is -0.125. The first kappa shape index (κ1) is 17.5. The molecule has 1 aromatic carbocycles. The van der Waals surface area contributed by atoms with Gasteiger partial charge in [0.1, 0.15) is 10.6 Å². The maximum absolute atomic E-state index is 11.9. The number of amides is 1. The molecule has 0 aliphatic carbocycles. The van der Waals surface area contributed by atoms with Crippen LogP contribution in [0.4, 0.5) is 0 Å². The Morgan fingerprint density at radius 2 is 2.09 bits per heavy atom. The van der Waals surface area contributed by atoms with Crippen molar-refractivity contribution >= 4 is 21.3 Å². The molecule has 23 heavy (non-hydrogen) atoms. The fourth-order valence-corrected chi connectivity index (χ4v) is 3.42. The number of carbonyl (C=O) groups excluding carboxylic acids is 1. The fourth-order valence-electron chi connectivity index (χ4n) is 2.56. The molecule has 0 bridgehead atoms. The molecule has 2 N–H and O–H groups in total. The maximum Gasteiger partial charge on any atom is 0.234 e. The third-order valence-corrected chi connectivity index (χ3v) is 5.06. The molecule has 1 fully saturated rings. The zero-order valence-electron chi connectivity index (χ0n) is 13.7. The van der Waals surface area contributed by atoms with E-state index in [4.69, 9.17) is 4.74 Å². The topological polar surface area (TPSA) is 84.5 Å². The van der Waals surface area contributed by atoms with Crippen LogP contribution in [0.25, 0.3) is 5.57 Å². The van der Waals surface area contributed by atoms with Crippen molar-refractivity contribution < 1.29 is 17.9 Å². The summed E-state index contributed by atoms with van der Waals surface area (Å²) in [6.45, 7) is 3.91. The Balaban J connectivity index is 2.34. The number of benzene rings is 1. The molecule has 7 heteroatoms. The van der Waals surface area contributed by atoms with Crippen molar-refractivity contribution in [3.8, 4) is 5.75 Å². The predicted octanol–water partition coefficient (Wildman–Crippen LogP) is 1.53. The molecule has 1 heterocycles. The average molecular weight is 338 g/mol. The van der Waals surface area contributed by atoms with Crippen molar-refractivity contribution in [1.29, 1.82) is 0 Å². The second-order valence-electron chi connectivity index (χ2n) is 5.89. The molecule has 2 atom stereocenters. The normalized spacial score (nSPS) is 22.6. The molecule has 0 saturated carbocycles. The highest BCUT2D eigenvalue weighted by Crippen LogP contribution is 2.28. The number of nitrogens with one attached hydrogen (secondary N) is 2. The van der Waals surface area contributed by atoms with E-state index in [1.807, 2.05) is 26.0 Å². The third kappa shape index (κ3) is 4.11. The van der Waals surface area contributed by atoms with Crippen LogP contribution in [0, 0.1) is 5.92 Å². The Kier molecular flexibility index (Phi) is 5.11. The van der Waals surface area contributed by atoms with Gasteiger partial charge in [-0.3, -0.25) is 10.2 Å². The third-order valence-electron chi connectivity index (χ3n) is 3.95. The first-order chi connectivity index (χ1) is 10.7. The summed E-state index contributed by atoms with van der Waals surface area (Å²) in [7, 11) is -1.93. The summed E-state index contributed by atoms with van der Waals surface area (Å²) < 4.78 is 28.9. The standard InChI is InChI=1S/C16H22N2O4S/c1-10(7-13-11(2)8-16(19)18-17-13)12-5-6-14(22-3)15(9-12)23(4,20)21/h5-7,9,11,13,17H,8H2,1-4H3,(H,18,19)/b10-7+. The monoisotopic (exact) mass is 338 g/mol. The molecular weight excluding hydrogens is 316 g/mol. The summed E-state index contributed by atoms with van der Waals surface area (Å²) in [5.74, 6) is 0.468. The molecular formula is C16H22N2O4S. The van der Waals surface area contributed by atoms with Gasteiger partial charge in [-0.25, -0.2) is 13.8 Å². The number of methoxy groups -OCH3 is 1. The van der Waals surface area contributed by atoms with Gasteiger partial charge in [-0.1, -0.05) is 19.1 Å². The molecule has 1 amide bonds. The summed E-state index contributed by atoms with van der Waals surface area (Å²) in [5, 5.41) is 0. The van der Waals surface area contributed by atoms with E-state index in [1.54, 1.807) is 12.1 Å². The Hall–Kier alpha value is -1.86. The van der Waals surface area contributed by atoms with Gasteiger partial charge < -0.3 is 4.74 Å². The summed E-state index contributed by atoms with van der Waals surface area (Å²) >= 11 is 0. The van der Waals surface area contributed by atoms with Crippen LogP contribution in [0.15, 0.2) is 29.2 Å². The molecule has 2 rings (SSSR count). The molecule has 2 unspecified atom stereocenters. The van der Waals surface area contributed by atoms with Crippen LogP contribution in [0.1, 0.15) is 25.8 Å². The lowest BCUT2D eigenvalue weighted by Gasteiger charge is -2.28. The summed E-state index contributed by atoms with van der Waals surface area (Å²) in [5.41, 5.74) is 7.32. The molecule has 6 nitrogen and oxygen atoms in total. The SMILES string of the molecule is COc1ccc(/C(C)=C/C2NNC(=O)CC2C)cc1S(C)(=O)=O. The van der Waals surface area contributed by atoms with E-state index in [-0.39, 0.29) is 22.8 Å². The van der Waals surface area contributed by atoms with Gasteiger partial charge in [-0.15, -0.1) is 0 Å². The van der Waals surface area contributed by atoms with Gasteiger partial charge in [0.05, 0.1) is 7.11 Å². The number of sulfone groups is 1. The highest BCUT2D eigenvalue weighted by atomic mass is 32.2.